The molecule has 88 valence electrons. The van der Waals surface area contributed by atoms with Gasteiger partial charge in [-0.2, -0.15) is 5.26 Å². The Morgan fingerprint density at radius 2 is 2.38 bits per heavy atom. The number of carbonyl (C=O) groups is 1. The maximum atomic E-state index is 12.2. The first-order chi connectivity index (χ1) is 7.70. The number of rotatable bonds is 6. The smallest absolute Gasteiger partial charge is 0.243 e. The van der Waals surface area contributed by atoms with Crippen LogP contribution in [0.3, 0.4) is 0 Å². The molecule has 1 amide bonds. The van der Waals surface area contributed by atoms with Crippen LogP contribution in [-0.2, 0) is 9.53 Å². The Kier molecular flexibility index (Phi) is 4.51. The average Bonchev–Trinajstić information content (AvgIpc) is 2.23. The van der Waals surface area contributed by atoms with E-state index >= 15 is 0 Å². The van der Waals surface area contributed by atoms with Gasteiger partial charge in [-0.3, -0.25) is 4.79 Å². The van der Waals surface area contributed by atoms with Gasteiger partial charge < -0.3 is 9.64 Å². The molecule has 0 aliphatic heterocycles. The lowest BCUT2D eigenvalue weighted by Gasteiger charge is -2.37. The predicted molar refractivity (Wildman–Crippen MR) is 60.6 cm³/mol. The van der Waals surface area contributed by atoms with Crippen molar-refractivity contribution in [3.63, 3.8) is 0 Å². The summed E-state index contributed by atoms with van der Waals surface area (Å²) in [5, 5.41) is 9.09. The molecule has 1 rings (SSSR count). The number of hydrogen-bond acceptors (Lipinski definition) is 3. The van der Waals surface area contributed by atoms with E-state index in [0.717, 1.165) is 6.42 Å². The normalized spacial score (nSPS) is 17.0. The van der Waals surface area contributed by atoms with Crippen molar-refractivity contribution in [1.29, 1.82) is 5.26 Å². The molecular weight excluding hydrogens is 204 g/mol. The Hall–Kier alpha value is -1.34. The second kappa shape index (κ2) is 5.66. The van der Waals surface area contributed by atoms with Crippen LogP contribution in [0.15, 0.2) is 12.7 Å². The zero-order valence-electron chi connectivity index (χ0n) is 9.74. The highest BCUT2D eigenvalue weighted by atomic mass is 16.5. The van der Waals surface area contributed by atoms with Crippen molar-refractivity contribution < 1.29 is 9.53 Å². The van der Waals surface area contributed by atoms with Crippen molar-refractivity contribution >= 4 is 5.91 Å². The Labute approximate surface area is 96.5 Å². The van der Waals surface area contributed by atoms with Gasteiger partial charge >= 0.3 is 0 Å². The number of nitriles is 1. The van der Waals surface area contributed by atoms with Crippen LogP contribution in [0.1, 0.15) is 19.3 Å². The molecule has 0 atom stereocenters. The zero-order chi connectivity index (χ0) is 12.0. The van der Waals surface area contributed by atoms with Crippen molar-refractivity contribution in [2.75, 3.05) is 26.8 Å². The van der Waals surface area contributed by atoms with Crippen LogP contribution < -0.4 is 0 Å². The van der Waals surface area contributed by atoms with E-state index in [1.54, 1.807) is 18.1 Å². The molecule has 0 bridgehead atoms. The molecule has 0 aromatic heterocycles. The number of nitrogens with zero attached hydrogens (tertiary/aromatic N) is 2. The third-order valence-corrected chi connectivity index (χ3v) is 3.03. The van der Waals surface area contributed by atoms with Gasteiger partial charge in [-0.05, 0) is 19.3 Å². The van der Waals surface area contributed by atoms with Crippen molar-refractivity contribution in [2.45, 2.75) is 19.3 Å². The molecule has 0 aromatic rings. The van der Waals surface area contributed by atoms with Gasteiger partial charge in [-0.15, -0.1) is 6.58 Å². The van der Waals surface area contributed by atoms with Crippen LogP contribution in [0.2, 0.25) is 0 Å². The average molecular weight is 222 g/mol. The summed E-state index contributed by atoms with van der Waals surface area (Å²) >= 11 is 0. The van der Waals surface area contributed by atoms with Gasteiger partial charge in [0.25, 0.3) is 0 Å². The molecule has 0 unspecified atom stereocenters. The largest absolute Gasteiger partial charge is 0.383 e. The fraction of sp³-hybridized carbons (Fsp3) is 0.667. The van der Waals surface area contributed by atoms with E-state index in [9.17, 15) is 4.79 Å². The third-order valence-electron chi connectivity index (χ3n) is 3.03. The summed E-state index contributed by atoms with van der Waals surface area (Å²) < 4.78 is 4.96. The fourth-order valence-electron chi connectivity index (χ4n) is 1.84. The first kappa shape index (κ1) is 12.7. The lowest BCUT2D eigenvalue weighted by molar-refractivity contribution is -0.143. The SMILES string of the molecule is C=CCN(CCOC)C(=O)C1(C#N)CCC1. The highest BCUT2D eigenvalue weighted by molar-refractivity contribution is 5.86. The Bertz CT molecular complexity index is 303. The standard InChI is InChI=1S/C12H18N2O2/c1-3-7-14(8-9-16-2)11(15)12(10-13)5-4-6-12/h3H,1,4-9H2,2H3. The summed E-state index contributed by atoms with van der Waals surface area (Å²) in [6, 6.07) is 2.16. The first-order valence-corrected chi connectivity index (χ1v) is 5.50. The Morgan fingerprint density at radius 1 is 1.69 bits per heavy atom. The topological polar surface area (TPSA) is 53.3 Å². The van der Waals surface area contributed by atoms with Crippen LogP contribution in [0.4, 0.5) is 0 Å². The molecule has 16 heavy (non-hydrogen) atoms. The summed E-state index contributed by atoms with van der Waals surface area (Å²) in [4.78, 5) is 13.8. The van der Waals surface area contributed by atoms with Gasteiger partial charge in [0.05, 0.1) is 12.7 Å². The van der Waals surface area contributed by atoms with E-state index in [1.165, 1.54) is 0 Å². The summed E-state index contributed by atoms with van der Waals surface area (Å²) in [5.41, 5.74) is -0.767. The quantitative estimate of drug-likeness (QED) is 0.637. The van der Waals surface area contributed by atoms with Gasteiger partial charge in [-0.25, -0.2) is 0 Å². The van der Waals surface area contributed by atoms with E-state index in [1.807, 2.05) is 0 Å². The summed E-state index contributed by atoms with van der Waals surface area (Å²) in [5.74, 6) is -0.0711. The van der Waals surface area contributed by atoms with Gasteiger partial charge in [0.2, 0.25) is 5.91 Å². The molecule has 0 N–H and O–H groups in total. The fourth-order valence-corrected chi connectivity index (χ4v) is 1.84. The monoisotopic (exact) mass is 222 g/mol. The van der Waals surface area contributed by atoms with E-state index in [-0.39, 0.29) is 5.91 Å². The van der Waals surface area contributed by atoms with E-state index in [4.69, 9.17) is 10.00 Å². The molecule has 1 aliphatic rings. The van der Waals surface area contributed by atoms with Crippen LogP contribution >= 0.6 is 0 Å². The first-order valence-electron chi connectivity index (χ1n) is 5.50. The molecule has 4 heteroatoms. The minimum atomic E-state index is -0.767. The van der Waals surface area contributed by atoms with Crippen molar-refractivity contribution in [3.05, 3.63) is 12.7 Å². The highest BCUT2D eigenvalue weighted by Gasteiger charge is 2.46. The molecule has 4 nitrogen and oxygen atoms in total. The van der Waals surface area contributed by atoms with Crippen molar-refractivity contribution in [2.24, 2.45) is 5.41 Å². The predicted octanol–water partition coefficient (Wildman–Crippen LogP) is 1.34. The number of carbonyl (C=O) groups excluding carboxylic acids is 1. The highest BCUT2D eigenvalue weighted by Crippen LogP contribution is 2.41. The van der Waals surface area contributed by atoms with Crippen LogP contribution in [0.25, 0.3) is 0 Å². The molecule has 0 aromatic carbocycles. The second-order valence-corrected chi connectivity index (χ2v) is 4.08. The van der Waals surface area contributed by atoms with Gasteiger partial charge in [0, 0.05) is 20.2 Å². The van der Waals surface area contributed by atoms with E-state index < -0.39 is 5.41 Å². The van der Waals surface area contributed by atoms with Gasteiger partial charge in [0.15, 0.2) is 0 Å². The van der Waals surface area contributed by atoms with Gasteiger partial charge in [0.1, 0.15) is 5.41 Å². The molecule has 1 saturated carbocycles. The summed E-state index contributed by atoms with van der Waals surface area (Å²) in [6.07, 6.45) is 4.01. The Balaban J connectivity index is 2.66. The van der Waals surface area contributed by atoms with E-state index in [0.29, 0.717) is 32.5 Å². The minimum absolute atomic E-state index is 0.0711. The van der Waals surface area contributed by atoms with Crippen molar-refractivity contribution in [3.8, 4) is 6.07 Å². The second-order valence-electron chi connectivity index (χ2n) is 4.08. The number of ether oxygens (including phenoxy) is 1. The molecule has 0 saturated heterocycles. The lowest BCUT2D eigenvalue weighted by atomic mass is 9.69. The van der Waals surface area contributed by atoms with Gasteiger partial charge in [-0.1, -0.05) is 6.08 Å². The van der Waals surface area contributed by atoms with Crippen molar-refractivity contribution in [1.82, 2.24) is 4.90 Å². The summed E-state index contributed by atoms with van der Waals surface area (Å²) in [7, 11) is 1.60. The molecular formula is C12H18N2O2. The number of methoxy groups -OCH3 is 1. The zero-order valence-corrected chi connectivity index (χ0v) is 9.74. The molecule has 1 fully saturated rings. The summed E-state index contributed by atoms with van der Waals surface area (Å²) in [6.45, 7) is 5.11. The Morgan fingerprint density at radius 3 is 2.75 bits per heavy atom. The van der Waals surface area contributed by atoms with Crippen LogP contribution in [-0.4, -0.2) is 37.6 Å². The molecule has 1 aliphatic carbocycles. The minimum Gasteiger partial charge on any atom is -0.383 e. The molecule has 0 spiro atoms. The van der Waals surface area contributed by atoms with E-state index in [2.05, 4.69) is 12.6 Å². The maximum absolute atomic E-state index is 12.2. The van der Waals surface area contributed by atoms with Crippen LogP contribution in [0.5, 0.6) is 0 Å². The third kappa shape index (κ3) is 2.42. The lowest BCUT2D eigenvalue weighted by Crippen LogP contribution is -2.48. The molecule has 0 heterocycles. The van der Waals surface area contributed by atoms with Crippen LogP contribution in [0, 0.1) is 16.7 Å². The molecule has 0 radical (unpaired) electrons. The number of hydrogen-bond donors (Lipinski definition) is 0. The number of amides is 1. The maximum Gasteiger partial charge on any atom is 0.243 e.